The summed E-state index contributed by atoms with van der Waals surface area (Å²) < 4.78 is 39.0. The number of hydrogen-bond acceptors (Lipinski definition) is 2. The third kappa shape index (κ3) is 4.47. The van der Waals surface area contributed by atoms with Crippen molar-refractivity contribution < 1.29 is 18.0 Å². The van der Waals surface area contributed by atoms with Gasteiger partial charge in [-0.1, -0.05) is 48.5 Å². The molecule has 1 atom stereocenters. The minimum atomic E-state index is -4.48. The normalized spacial score (nSPS) is 13.0. The first-order valence-corrected chi connectivity index (χ1v) is 7.92. The van der Waals surface area contributed by atoms with Crippen molar-refractivity contribution in [2.24, 2.45) is 0 Å². The van der Waals surface area contributed by atoms with E-state index in [0.29, 0.717) is 14.7 Å². The highest BCUT2D eigenvalue weighted by atomic mass is 127. The summed E-state index contributed by atoms with van der Waals surface area (Å²) >= 11 is 1.67. The first kappa shape index (κ1) is 16.4. The number of thioether (sulfide) groups is 1. The standard InChI is InChI=1S/C15H10F3IOS/c16-15(17,18)21-14(10-6-2-1-3-7-10)13(20)11-8-4-5-9-12(11)19/h1-9,14H/t14-/m0/s1. The highest BCUT2D eigenvalue weighted by Gasteiger charge is 2.37. The third-order valence-electron chi connectivity index (χ3n) is 2.73. The Hall–Kier alpha value is -1.02. The lowest BCUT2D eigenvalue weighted by Crippen LogP contribution is -2.16. The molecule has 0 aliphatic rings. The molecule has 0 spiro atoms. The summed E-state index contributed by atoms with van der Waals surface area (Å²) in [6, 6.07) is 14.7. The van der Waals surface area contributed by atoms with Crippen molar-refractivity contribution >= 4 is 40.1 Å². The highest BCUT2D eigenvalue weighted by Crippen LogP contribution is 2.44. The monoisotopic (exact) mass is 422 g/mol. The average Bonchev–Trinajstić information content (AvgIpc) is 2.45. The van der Waals surface area contributed by atoms with E-state index in [0.717, 1.165) is 0 Å². The molecule has 2 rings (SSSR count). The smallest absolute Gasteiger partial charge is 0.292 e. The summed E-state index contributed by atoms with van der Waals surface area (Å²) in [6.07, 6.45) is 0. The molecule has 0 amide bonds. The summed E-state index contributed by atoms with van der Waals surface area (Å²) in [4.78, 5) is 12.5. The third-order valence-corrected chi connectivity index (χ3v) is 4.66. The van der Waals surface area contributed by atoms with E-state index in [1.54, 1.807) is 42.5 Å². The van der Waals surface area contributed by atoms with Gasteiger partial charge >= 0.3 is 5.51 Å². The fourth-order valence-electron chi connectivity index (χ4n) is 1.84. The fraction of sp³-hybridized carbons (Fsp3) is 0.133. The second kappa shape index (κ2) is 6.83. The maximum absolute atomic E-state index is 12.8. The fourth-order valence-corrected chi connectivity index (χ4v) is 3.28. The van der Waals surface area contributed by atoms with Crippen LogP contribution in [0.3, 0.4) is 0 Å². The number of alkyl halides is 3. The zero-order chi connectivity index (χ0) is 15.5. The highest BCUT2D eigenvalue weighted by molar-refractivity contribution is 14.1. The van der Waals surface area contributed by atoms with Crippen LogP contribution in [-0.2, 0) is 0 Å². The second-order valence-corrected chi connectivity index (χ2v) is 6.53. The SMILES string of the molecule is O=C(c1ccccc1I)[C@@H](SC(F)(F)F)c1ccccc1. The Morgan fingerprint density at radius 2 is 1.57 bits per heavy atom. The summed E-state index contributed by atoms with van der Waals surface area (Å²) in [5, 5.41) is -1.29. The number of ketones is 1. The van der Waals surface area contributed by atoms with E-state index in [-0.39, 0.29) is 11.8 Å². The molecule has 21 heavy (non-hydrogen) atoms. The topological polar surface area (TPSA) is 17.1 Å². The molecule has 0 aliphatic heterocycles. The van der Waals surface area contributed by atoms with Gasteiger partial charge in [-0.3, -0.25) is 4.79 Å². The number of benzene rings is 2. The molecule has 0 radical (unpaired) electrons. The lowest BCUT2D eigenvalue weighted by atomic mass is 10.0. The van der Waals surface area contributed by atoms with Crippen LogP contribution in [0.1, 0.15) is 21.2 Å². The van der Waals surface area contributed by atoms with Crippen LogP contribution in [0.5, 0.6) is 0 Å². The molecular weight excluding hydrogens is 412 g/mol. The van der Waals surface area contributed by atoms with E-state index >= 15 is 0 Å². The first-order chi connectivity index (χ1) is 9.88. The number of rotatable bonds is 4. The van der Waals surface area contributed by atoms with Crippen LogP contribution < -0.4 is 0 Å². The van der Waals surface area contributed by atoms with Gasteiger partial charge in [-0.2, -0.15) is 13.2 Å². The number of carbonyl (C=O) groups excluding carboxylic acids is 1. The molecule has 0 aromatic heterocycles. The molecule has 0 aliphatic carbocycles. The summed E-state index contributed by atoms with van der Waals surface area (Å²) in [5.74, 6) is -0.534. The van der Waals surface area contributed by atoms with E-state index in [1.807, 2.05) is 22.6 Å². The molecule has 0 fully saturated rings. The van der Waals surface area contributed by atoms with E-state index < -0.39 is 16.5 Å². The number of carbonyl (C=O) groups is 1. The van der Waals surface area contributed by atoms with Gasteiger partial charge in [-0.25, -0.2) is 0 Å². The molecule has 2 aromatic carbocycles. The Balaban J connectivity index is 2.41. The maximum Gasteiger partial charge on any atom is 0.442 e. The number of Topliss-reactive ketones (excluding diaryl/α,β-unsaturated/α-hetero) is 1. The van der Waals surface area contributed by atoms with Crippen molar-refractivity contribution in [2.45, 2.75) is 10.8 Å². The number of hydrogen-bond donors (Lipinski definition) is 0. The molecule has 2 aromatic rings. The van der Waals surface area contributed by atoms with Crippen molar-refractivity contribution in [3.8, 4) is 0 Å². The Morgan fingerprint density at radius 3 is 2.14 bits per heavy atom. The van der Waals surface area contributed by atoms with Crippen LogP contribution in [0.4, 0.5) is 13.2 Å². The Labute approximate surface area is 138 Å². The van der Waals surface area contributed by atoms with Crippen LogP contribution in [0, 0.1) is 3.57 Å². The van der Waals surface area contributed by atoms with E-state index in [4.69, 9.17) is 0 Å². The van der Waals surface area contributed by atoms with Crippen molar-refractivity contribution in [1.82, 2.24) is 0 Å². The molecule has 0 saturated heterocycles. The van der Waals surface area contributed by atoms with Crippen molar-refractivity contribution in [1.29, 1.82) is 0 Å². The predicted octanol–water partition coefficient (Wildman–Crippen LogP) is 5.47. The van der Waals surface area contributed by atoms with Gasteiger partial charge in [0.2, 0.25) is 0 Å². The van der Waals surface area contributed by atoms with Gasteiger partial charge < -0.3 is 0 Å². The largest absolute Gasteiger partial charge is 0.442 e. The molecular formula is C15H10F3IOS. The minimum absolute atomic E-state index is 0.286. The van der Waals surface area contributed by atoms with E-state index in [9.17, 15) is 18.0 Å². The van der Waals surface area contributed by atoms with Gasteiger partial charge in [0, 0.05) is 9.13 Å². The predicted molar refractivity (Wildman–Crippen MR) is 86.3 cm³/mol. The van der Waals surface area contributed by atoms with Crippen molar-refractivity contribution in [2.75, 3.05) is 0 Å². The van der Waals surface area contributed by atoms with Crippen molar-refractivity contribution in [3.63, 3.8) is 0 Å². The Bertz CT molecular complexity index is 628. The lowest BCUT2D eigenvalue weighted by Gasteiger charge is -2.18. The molecule has 6 heteroatoms. The molecule has 0 heterocycles. The van der Waals surface area contributed by atoms with Crippen LogP contribution in [0.25, 0.3) is 0 Å². The second-order valence-electron chi connectivity index (χ2n) is 4.20. The molecule has 0 saturated carbocycles. The summed E-state index contributed by atoms with van der Waals surface area (Å²) in [6.45, 7) is 0. The molecule has 0 bridgehead atoms. The zero-order valence-corrected chi connectivity index (χ0v) is 13.6. The molecule has 0 unspecified atom stereocenters. The van der Waals surface area contributed by atoms with Crippen LogP contribution in [0.2, 0.25) is 0 Å². The van der Waals surface area contributed by atoms with Gasteiger partial charge in [-0.15, -0.1) is 0 Å². The number of halogens is 4. The van der Waals surface area contributed by atoms with Gasteiger partial charge in [0.05, 0.1) is 0 Å². The van der Waals surface area contributed by atoms with Gasteiger partial charge in [0.25, 0.3) is 0 Å². The lowest BCUT2D eigenvalue weighted by molar-refractivity contribution is -0.0333. The van der Waals surface area contributed by atoms with E-state index in [1.165, 1.54) is 12.1 Å². The molecule has 110 valence electrons. The zero-order valence-electron chi connectivity index (χ0n) is 10.6. The van der Waals surface area contributed by atoms with Crippen LogP contribution in [-0.4, -0.2) is 11.3 Å². The quantitative estimate of drug-likeness (QED) is 0.481. The maximum atomic E-state index is 12.8. The summed E-state index contributed by atoms with van der Waals surface area (Å²) in [7, 11) is 0. The Kier molecular flexibility index (Phi) is 5.32. The van der Waals surface area contributed by atoms with Gasteiger partial charge in [0.1, 0.15) is 5.25 Å². The van der Waals surface area contributed by atoms with E-state index in [2.05, 4.69) is 0 Å². The van der Waals surface area contributed by atoms with Crippen LogP contribution in [0.15, 0.2) is 54.6 Å². The van der Waals surface area contributed by atoms with Crippen molar-refractivity contribution in [3.05, 3.63) is 69.3 Å². The summed E-state index contributed by atoms with van der Waals surface area (Å²) in [5.41, 5.74) is -3.82. The average molecular weight is 422 g/mol. The minimum Gasteiger partial charge on any atom is -0.292 e. The Morgan fingerprint density at radius 1 is 1.00 bits per heavy atom. The van der Waals surface area contributed by atoms with Crippen LogP contribution >= 0.6 is 34.4 Å². The molecule has 1 nitrogen and oxygen atoms in total. The van der Waals surface area contributed by atoms with Gasteiger partial charge in [-0.05, 0) is 46.0 Å². The van der Waals surface area contributed by atoms with Gasteiger partial charge in [0.15, 0.2) is 5.78 Å². The first-order valence-electron chi connectivity index (χ1n) is 5.97. The molecule has 0 N–H and O–H groups in total.